The number of anilines is 2. The standard InChI is InChI=1S/C20H15NO5S2/c1-12-6-2-4-8-14(12)21(28(24)25)15-11-18(27-19(15)20(22)23)17-10-13-7-3-5-9-16(13)26-17/h2-11H,1H3,(H,22,23)(H,24,25)/p-1. The molecule has 0 radical (unpaired) electrons. The number of furan rings is 1. The third-order valence-corrected chi connectivity index (χ3v) is 6.10. The number of fused-ring (bicyclic) bond motifs is 1. The third kappa shape index (κ3) is 3.22. The van der Waals surface area contributed by atoms with Gasteiger partial charge in [-0.1, -0.05) is 36.4 Å². The summed E-state index contributed by atoms with van der Waals surface area (Å²) in [6.07, 6.45) is 0. The van der Waals surface area contributed by atoms with Crippen molar-refractivity contribution in [3.05, 3.63) is 71.1 Å². The van der Waals surface area contributed by atoms with E-state index in [1.165, 1.54) is 6.07 Å². The quantitative estimate of drug-likeness (QED) is 0.460. The zero-order valence-electron chi connectivity index (χ0n) is 14.6. The second kappa shape index (κ2) is 7.23. The number of hydrogen-bond donors (Lipinski definition) is 1. The first-order valence-electron chi connectivity index (χ1n) is 8.27. The normalized spacial score (nSPS) is 12.2. The number of carboxylic acid groups (broad SMARTS) is 1. The summed E-state index contributed by atoms with van der Waals surface area (Å²) in [5, 5.41) is 10.5. The Bertz CT molecular complexity index is 1180. The first kappa shape index (κ1) is 18.4. The summed E-state index contributed by atoms with van der Waals surface area (Å²) in [5.74, 6) is -0.715. The minimum Gasteiger partial charge on any atom is -0.755 e. The van der Waals surface area contributed by atoms with E-state index in [2.05, 4.69) is 0 Å². The Morgan fingerprint density at radius 2 is 1.82 bits per heavy atom. The summed E-state index contributed by atoms with van der Waals surface area (Å²) < 4.78 is 30.9. The fourth-order valence-corrected chi connectivity index (χ4v) is 4.65. The highest BCUT2D eigenvalue weighted by molar-refractivity contribution is 7.81. The van der Waals surface area contributed by atoms with Crippen LogP contribution in [0.4, 0.5) is 11.4 Å². The average Bonchev–Trinajstić information content (AvgIpc) is 3.27. The summed E-state index contributed by atoms with van der Waals surface area (Å²) in [5.41, 5.74) is 1.86. The maximum Gasteiger partial charge on any atom is 0.348 e. The van der Waals surface area contributed by atoms with Crippen LogP contribution in [0.1, 0.15) is 15.2 Å². The van der Waals surface area contributed by atoms with Crippen LogP contribution in [0.5, 0.6) is 0 Å². The fourth-order valence-electron chi connectivity index (χ4n) is 2.99. The number of hydrogen-bond acceptors (Lipinski definition) is 5. The molecule has 2 aromatic carbocycles. The third-order valence-electron chi connectivity index (χ3n) is 4.28. The molecule has 0 aliphatic rings. The Morgan fingerprint density at radius 3 is 2.50 bits per heavy atom. The van der Waals surface area contributed by atoms with Crippen LogP contribution >= 0.6 is 11.3 Å². The molecule has 1 atom stereocenters. The van der Waals surface area contributed by atoms with Gasteiger partial charge in [-0.25, -0.2) is 4.79 Å². The van der Waals surface area contributed by atoms with Crippen LogP contribution in [0.2, 0.25) is 0 Å². The van der Waals surface area contributed by atoms with Gasteiger partial charge in [0.1, 0.15) is 16.2 Å². The van der Waals surface area contributed by atoms with E-state index in [0.29, 0.717) is 27.5 Å². The summed E-state index contributed by atoms with van der Waals surface area (Å²) >= 11 is -1.73. The Morgan fingerprint density at radius 1 is 1.11 bits per heavy atom. The zero-order valence-corrected chi connectivity index (χ0v) is 16.3. The summed E-state index contributed by atoms with van der Waals surface area (Å²) in [4.78, 5) is 12.3. The Hall–Kier alpha value is -2.94. The van der Waals surface area contributed by atoms with Crippen LogP contribution in [-0.4, -0.2) is 19.8 Å². The van der Waals surface area contributed by atoms with Crippen LogP contribution in [0, 0.1) is 6.92 Å². The van der Waals surface area contributed by atoms with Crippen LogP contribution in [0.15, 0.2) is 65.1 Å². The van der Waals surface area contributed by atoms with Gasteiger partial charge < -0.3 is 14.1 Å². The van der Waals surface area contributed by atoms with Crippen molar-refractivity contribution in [2.45, 2.75) is 6.92 Å². The molecule has 28 heavy (non-hydrogen) atoms. The van der Waals surface area contributed by atoms with Crippen LogP contribution in [-0.2, 0) is 11.3 Å². The highest BCUT2D eigenvalue weighted by Crippen LogP contribution is 2.42. The average molecular weight is 412 g/mol. The molecule has 1 N–H and O–H groups in total. The lowest BCUT2D eigenvalue weighted by atomic mass is 10.2. The number of benzene rings is 2. The van der Waals surface area contributed by atoms with Gasteiger partial charge in [-0.05, 0) is 36.8 Å². The summed E-state index contributed by atoms with van der Waals surface area (Å²) in [6.45, 7) is 1.77. The maximum absolute atomic E-state index is 12.0. The van der Waals surface area contributed by atoms with Crippen molar-refractivity contribution in [1.29, 1.82) is 0 Å². The summed E-state index contributed by atoms with van der Waals surface area (Å²) in [7, 11) is 0. The summed E-state index contributed by atoms with van der Waals surface area (Å²) in [6, 6.07) is 17.7. The maximum atomic E-state index is 12.0. The Balaban J connectivity index is 1.89. The molecule has 4 aromatic rings. The molecule has 4 rings (SSSR count). The van der Waals surface area contributed by atoms with E-state index in [-0.39, 0.29) is 10.6 Å². The van der Waals surface area contributed by atoms with Gasteiger partial charge >= 0.3 is 5.97 Å². The van der Waals surface area contributed by atoms with Gasteiger partial charge in [-0.2, -0.15) is 0 Å². The van der Waals surface area contributed by atoms with Gasteiger partial charge in [-0.3, -0.25) is 8.51 Å². The number of rotatable bonds is 5. The highest BCUT2D eigenvalue weighted by Gasteiger charge is 2.25. The minimum absolute atomic E-state index is 0.0792. The second-order valence-electron chi connectivity index (χ2n) is 6.08. The molecule has 0 aliphatic heterocycles. The highest BCUT2D eigenvalue weighted by atomic mass is 32.2. The van der Waals surface area contributed by atoms with E-state index in [9.17, 15) is 18.7 Å². The van der Waals surface area contributed by atoms with Gasteiger partial charge in [0.15, 0.2) is 0 Å². The van der Waals surface area contributed by atoms with E-state index in [0.717, 1.165) is 21.0 Å². The Labute approximate surface area is 167 Å². The Kier molecular flexibility index (Phi) is 4.76. The molecule has 0 amide bonds. The molecule has 0 fully saturated rings. The monoisotopic (exact) mass is 412 g/mol. The van der Waals surface area contributed by atoms with E-state index in [1.54, 1.807) is 31.2 Å². The molecule has 0 saturated carbocycles. The molecular formula is C20H14NO5S2-. The lowest BCUT2D eigenvalue weighted by Gasteiger charge is -2.27. The van der Waals surface area contributed by atoms with Crippen molar-refractivity contribution in [1.82, 2.24) is 0 Å². The number of para-hydroxylation sites is 2. The van der Waals surface area contributed by atoms with Crippen LogP contribution in [0.25, 0.3) is 21.6 Å². The SMILES string of the molecule is Cc1ccccc1N(c1cc(-c2cc3ccccc3o2)sc1C(=O)O)S(=O)[O-]. The molecule has 2 heterocycles. The van der Waals surface area contributed by atoms with Crippen LogP contribution in [0.3, 0.4) is 0 Å². The van der Waals surface area contributed by atoms with Gasteiger partial charge in [-0.15, -0.1) is 11.3 Å². The molecule has 2 aromatic heterocycles. The largest absolute Gasteiger partial charge is 0.755 e. The van der Waals surface area contributed by atoms with Crippen molar-refractivity contribution >= 4 is 50.9 Å². The zero-order chi connectivity index (χ0) is 19.8. The molecule has 0 saturated heterocycles. The van der Waals surface area contributed by atoms with Crippen molar-refractivity contribution < 1.29 is 23.1 Å². The topological polar surface area (TPSA) is 93.8 Å². The van der Waals surface area contributed by atoms with E-state index in [4.69, 9.17) is 4.42 Å². The van der Waals surface area contributed by atoms with Crippen LogP contribution < -0.4 is 4.31 Å². The number of carboxylic acids is 1. The first-order valence-corrected chi connectivity index (χ1v) is 10.1. The smallest absolute Gasteiger partial charge is 0.348 e. The number of nitrogens with zero attached hydrogens (tertiary/aromatic N) is 1. The number of aryl methyl sites for hydroxylation is 1. The first-order chi connectivity index (χ1) is 13.5. The van der Waals surface area contributed by atoms with E-state index < -0.39 is 17.2 Å². The predicted octanol–water partition coefficient (Wildman–Crippen LogP) is 5.10. The molecule has 6 nitrogen and oxygen atoms in total. The van der Waals surface area contributed by atoms with Gasteiger partial charge in [0, 0.05) is 5.39 Å². The second-order valence-corrected chi connectivity index (χ2v) is 7.93. The van der Waals surface area contributed by atoms with E-state index in [1.807, 2.05) is 30.3 Å². The van der Waals surface area contributed by atoms with Gasteiger partial charge in [0.2, 0.25) is 0 Å². The minimum atomic E-state index is -2.70. The molecule has 1 unspecified atom stereocenters. The molecular weight excluding hydrogens is 398 g/mol. The molecule has 8 heteroatoms. The van der Waals surface area contributed by atoms with E-state index >= 15 is 0 Å². The number of thiophene rings is 1. The molecule has 0 aliphatic carbocycles. The lowest BCUT2D eigenvalue weighted by molar-refractivity contribution is 0.0703. The van der Waals surface area contributed by atoms with Gasteiger partial charge in [0.05, 0.1) is 27.5 Å². The lowest BCUT2D eigenvalue weighted by Crippen LogP contribution is -2.21. The molecule has 0 spiro atoms. The van der Waals surface area contributed by atoms with Crippen molar-refractivity contribution in [2.24, 2.45) is 0 Å². The fraction of sp³-hybridized carbons (Fsp3) is 0.0500. The van der Waals surface area contributed by atoms with Gasteiger partial charge in [0.25, 0.3) is 0 Å². The van der Waals surface area contributed by atoms with Crippen molar-refractivity contribution in [3.63, 3.8) is 0 Å². The number of aromatic carboxylic acids is 1. The van der Waals surface area contributed by atoms with Crippen molar-refractivity contribution in [2.75, 3.05) is 4.31 Å². The van der Waals surface area contributed by atoms with Crippen molar-refractivity contribution in [3.8, 4) is 10.6 Å². The molecule has 142 valence electrons. The number of carbonyl (C=O) groups is 1. The molecule has 0 bridgehead atoms. The predicted molar refractivity (Wildman–Crippen MR) is 109 cm³/mol.